The first-order chi connectivity index (χ1) is 13.5. The van der Waals surface area contributed by atoms with Crippen molar-refractivity contribution in [3.8, 4) is 0 Å². The Morgan fingerprint density at radius 3 is 2.75 bits per heavy atom. The molecule has 2 aliphatic rings. The minimum Gasteiger partial charge on any atom is -0.391 e. The Hall–Kier alpha value is -2.80. The van der Waals surface area contributed by atoms with Crippen molar-refractivity contribution >= 4 is 28.1 Å². The molecule has 3 heterocycles. The fourth-order valence-corrected chi connectivity index (χ4v) is 3.36. The van der Waals surface area contributed by atoms with Crippen molar-refractivity contribution in [2.24, 2.45) is 5.92 Å². The molecule has 0 bridgehead atoms. The number of rotatable bonds is 5. The molecule has 1 saturated carbocycles. The predicted octanol–water partition coefficient (Wildman–Crippen LogP) is 2.96. The van der Waals surface area contributed by atoms with Crippen LogP contribution in [0.25, 0.3) is 16.3 Å². The molecule has 4 unspecified atom stereocenters. The Kier molecular flexibility index (Phi) is 4.85. The highest BCUT2D eigenvalue weighted by molar-refractivity contribution is 5.96. The van der Waals surface area contributed by atoms with Crippen LogP contribution in [-0.4, -0.2) is 39.3 Å². The number of carbonyl (C=O) groups is 1. The largest absolute Gasteiger partial charge is 0.391 e. The quantitative estimate of drug-likeness (QED) is 0.740. The van der Waals surface area contributed by atoms with Crippen molar-refractivity contribution in [2.45, 2.75) is 45.0 Å². The number of amides is 1. The highest BCUT2D eigenvalue weighted by Gasteiger charge is 2.43. The number of dihydropyridines is 1. The lowest BCUT2D eigenvalue weighted by Crippen LogP contribution is -2.37. The van der Waals surface area contributed by atoms with Crippen LogP contribution in [0.4, 0.5) is 10.2 Å². The maximum atomic E-state index is 13.0. The van der Waals surface area contributed by atoms with E-state index in [9.17, 15) is 14.3 Å². The predicted molar refractivity (Wildman–Crippen MR) is 106 cm³/mol. The van der Waals surface area contributed by atoms with Gasteiger partial charge in [0.25, 0.3) is 0 Å². The van der Waals surface area contributed by atoms with Crippen molar-refractivity contribution in [3.05, 3.63) is 48.1 Å². The van der Waals surface area contributed by atoms with Gasteiger partial charge in [0, 0.05) is 34.9 Å². The Morgan fingerprint density at radius 2 is 2.07 bits per heavy atom. The summed E-state index contributed by atoms with van der Waals surface area (Å²) in [5.74, 6) is -0.474. The van der Waals surface area contributed by atoms with Crippen LogP contribution < -0.4 is 10.6 Å². The maximum absolute atomic E-state index is 13.0. The summed E-state index contributed by atoms with van der Waals surface area (Å²) in [5, 5.41) is 17.6. The third kappa shape index (κ3) is 3.62. The number of carbonyl (C=O) groups excluding carboxylic acids is 1. The third-order valence-corrected chi connectivity index (χ3v) is 5.29. The van der Waals surface area contributed by atoms with Gasteiger partial charge in [0.2, 0.25) is 5.91 Å². The highest BCUT2D eigenvalue weighted by Crippen LogP contribution is 2.34. The summed E-state index contributed by atoms with van der Waals surface area (Å²) in [5.41, 5.74) is 2.81. The van der Waals surface area contributed by atoms with Crippen LogP contribution in [0.15, 0.2) is 42.4 Å². The van der Waals surface area contributed by atoms with Gasteiger partial charge in [-0.15, -0.1) is 0 Å². The molecular weight excluding hydrogens is 359 g/mol. The van der Waals surface area contributed by atoms with Crippen molar-refractivity contribution in [1.29, 1.82) is 0 Å². The summed E-state index contributed by atoms with van der Waals surface area (Å²) in [7, 11) is 0. The molecule has 2 aromatic rings. The minimum atomic E-state index is -1.03. The van der Waals surface area contributed by atoms with Gasteiger partial charge >= 0.3 is 0 Å². The van der Waals surface area contributed by atoms with Gasteiger partial charge in [-0.2, -0.15) is 0 Å². The number of fused-ring (bicyclic) bond motifs is 1. The molecule has 3 N–H and O–H groups in total. The SMILES string of the molecule is CCC(O)C1C=C(C)C(c2cc3cnc(NC(=O)C4CC4F)cc3cn2)=CN1. The molecule has 1 aliphatic carbocycles. The zero-order valence-corrected chi connectivity index (χ0v) is 15.8. The van der Waals surface area contributed by atoms with E-state index in [0.29, 0.717) is 12.2 Å². The number of aliphatic hydroxyl groups excluding tert-OH is 1. The van der Waals surface area contributed by atoms with Crippen LogP contribution in [0, 0.1) is 5.92 Å². The van der Waals surface area contributed by atoms with E-state index in [2.05, 4.69) is 20.6 Å². The second-order valence-electron chi connectivity index (χ2n) is 7.41. The normalized spacial score (nSPS) is 24.8. The summed E-state index contributed by atoms with van der Waals surface area (Å²) >= 11 is 0. The van der Waals surface area contributed by atoms with Crippen molar-refractivity contribution in [3.63, 3.8) is 0 Å². The average Bonchev–Trinajstić information content (AvgIpc) is 3.43. The minimum absolute atomic E-state index is 0.0996. The Balaban J connectivity index is 1.54. The molecule has 146 valence electrons. The van der Waals surface area contributed by atoms with E-state index in [1.807, 2.05) is 32.2 Å². The number of nitrogens with one attached hydrogen (secondary N) is 2. The molecule has 7 heteroatoms. The lowest BCUT2D eigenvalue weighted by atomic mass is 9.95. The molecule has 28 heavy (non-hydrogen) atoms. The molecule has 4 rings (SSSR count). The molecular formula is C21H23FN4O2. The van der Waals surface area contributed by atoms with Gasteiger partial charge < -0.3 is 15.7 Å². The smallest absolute Gasteiger partial charge is 0.231 e. The fourth-order valence-electron chi connectivity index (χ4n) is 3.36. The number of anilines is 1. The first kappa shape index (κ1) is 18.6. The molecule has 0 radical (unpaired) electrons. The summed E-state index contributed by atoms with van der Waals surface area (Å²) in [6.45, 7) is 3.95. The monoisotopic (exact) mass is 382 g/mol. The summed E-state index contributed by atoms with van der Waals surface area (Å²) in [6, 6.07) is 3.58. The molecule has 2 aromatic heterocycles. The van der Waals surface area contributed by atoms with E-state index < -0.39 is 18.2 Å². The van der Waals surface area contributed by atoms with E-state index in [4.69, 9.17) is 0 Å². The number of aliphatic hydroxyl groups is 1. The van der Waals surface area contributed by atoms with Crippen LogP contribution in [0.5, 0.6) is 0 Å². The summed E-state index contributed by atoms with van der Waals surface area (Å²) in [4.78, 5) is 20.7. The first-order valence-corrected chi connectivity index (χ1v) is 9.50. The number of alkyl halides is 1. The lowest BCUT2D eigenvalue weighted by Gasteiger charge is -2.25. The lowest BCUT2D eigenvalue weighted by molar-refractivity contribution is -0.117. The summed E-state index contributed by atoms with van der Waals surface area (Å²) in [6.07, 6.45) is 6.82. The van der Waals surface area contributed by atoms with E-state index >= 15 is 0 Å². The van der Waals surface area contributed by atoms with Gasteiger partial charge in [-0.25, -0.2) is 9.37 Å². The van der Waals surface area contributed by atoms with Crippen LogP contribution in [0.2, 0.25) is 0 Å². The number of aromatic nitrogens is 2. The molecule has 4 atom stereocenters. The second kappa shape index (κ2) is 7.31. The molecule has 1 fully saturated rings. The number of hydrogen-bond donors (Lipinski definition) is 3. The second-order valence-corrected chi connectivity index (χ2v) is 7.41. The van der Waals surface area contributed by atoms with E-state index in [-0.39, 0.29) is 18.4 Å². The average molecular weight is 382 g/mol. The number of nitrogens with zero attached hydrogens (tertiary/aromatic N) is 2. The standard InChI is InChI=1S/C21H23FN4O2/c1-3-19(27)18-4-11(2)15(10-24-18)17-5-12-9-25-20(6-13(12)8-23-17)26-21(28)14-7-16(14)22/h4-6,8-10,14,16,18-19,24,27H,3,7H2,1-2H3,(H,25,26,28). The van der Waals surface area contributed by atoms with E-state index in [0.717, 1.165) is 27.6 Å². The molecule has 0 aromatic carbocycles. The van der Waals surface area contributed by atoms with E-state index in [1.54, 1.807) is 18.5 Å². The van der Waals surface area contributed by atoms with Gasteiger partial charge in [-0.1, -0.05) is 13.0 Å². The third-order valence-electron chi connectivity index (χ3n) is 5.29. The molecule has 1 aliphatic heterocycles. The Bertz CT molecular complexity index is 988. The fraction of sp³-hybridized carbons (Fsp3) is 0.381. The number of allylic oxidation sites excluding steroid dienone is 2. The first-order valence-electron chi connectivity index (χ1n) is 9.50. The van der Waals surface area contributed by atoms with Crippen LogP contribution >= 0.6 is 0 Å². The van der Waals surface area contributed by atoms with Crippen LogP contribution in [0.1, 0.15) is 32.4 Å². The number of halogens is 1. The molecule has 1 amide bonds. The van der Waals surface area contributed by atoms with Crippen molar-refractivity contribution in [1.82, 2.24) is 15.3 Å². The molecule has 0 saturated heterocycles. The zero-order chi connectivity index (χ0) is 19.8. The summed E-state index contributed by atoms with van der Waals surface area (Å²) < 4.78 is 13.0. The molecule has 6 nitrogen and oxygen atoms in total. The van der Waals surface area contributed by atoms with Gasteiger partial charge in [0.1, 0.15) is 12.0 Å². The Morgan fingerprint density at radius 1 is 1.36 bits per heavy atom. The Labute approximate surface area is 162 Å². The van der Waals surface area contributed by atoms with Gasteiger partial charge in [0.15, 0.2) is 0 Å². The number of pyridine rings is 2. The van der Waals surface area contributed by atoms with E-state index in [1.165, 1.54) is 0 Å². The maximum Gasteiger partial charge on any atom is 0.231 e. The van der Waals surface area contributed by atoms with Crippen molar-refractivity contribution in [2.75, 3.05) is 5.32 Å². The van der Waals surface area contributed by atoms with Gasteiger partial charge in [-0.05, 0) is 37.5 Å². The van der Waals surface area contributed by atoms with Crippen LogP contribution in [0.3, 0.4) is 0 Å². The number of hydrogen-bond acceptors (Lipinski definition) is 5. The van der Waals surface area contributed by atoms with Gasteiger partial charge in [-0.3, -0.25) is 9.78 Å². The molecule has 0 spiro atoms. The topological polar surface area (TPSA) is 87.1 Å². The van der Waals surface area contributed by atoms with Gasteiger partial charge in [0.05, 0.1) is 23.8 Å². The zero-order valence-electron chi connectivity index (χ0n) is 15.8. The highest BCUT2D eigenvalue weighted by atomic mass is 19.1. The van der Waals surface area contributed by atoms with Crippen LogP contribution in [-0.2, 0) is 4.79 Å². The van der Waals surface area contributed by atoms with Crippen molar-refractivity contribution < 1.29 is 14.3 Å².